The van der Waals surface area contributed by atoms with Gasteiger partial charge in [0.2, 0.25) is 5.95 Å². The number of halogens is 2. The Balaban J connectivity index is 1.58. The second-order valence-electron chi connectivity index (χ2n) is 8.36. The molecule has 2 aromatic heterocycles. The summed E-state index contributed by atoms with van der Waals surface area (Å²) < 4.78 is 34.8. The van der Waals surface area contributed by atoms with Crippen LogP contribution in [0.15, 0.2) is 30.3 Å². The van der Waals surface area contributed by atoms with Crippen LogP contribution in [0, 0.1) is 0 Å². The highest BCUT2D eigenvalue weighted by Crippen LogP contribution is 2.30. The minimum absolute atomic E-state index is 0.240. The zero-order valence-electron chi connectivity index (χ0n) is 17.8. The minimum atomic E-state index is -2.74. The molecule has 0 spiro atoms. The van der Waals surface area contributed by atoms with Gasteiger partial charge in [0.05, 0.1) is 24.2 Å². The van der Waals surface area contributed by atoms with E-state index in [1.165, 1.54) is 4.57 Å². The molecule has 0 radical (unpaired) electrons. The van der Waals surface area contributed by atoms with Crippen molar-refractivity contribution in [2.75, 3.05) is 36.5 Å². The molecule has 1 saturated heterocycles. The number of hydrogen-bond acceptors (Lipinski definition) is 7. The Hall–Kier alpha value is -2.85. The number of rotatable bonds is 5. The normalized spacial score (nSPS) is 21.9. The van der Waals surface area contributed by atoms with Crippen molar-refractivity contribution in [3.8, 4) is 5.82 Å². The first-order chi connectivity index (χ1) is 15.6. The number of benzene rings is 1. The summed E-state index contributed by atoms with van der Waals surface area (Å²) in [4.78, 5) is 15.6. The number of aromatic nitrogens is 4. The molecule has 1 aromatic carbocycles. The monoisotopic (exact) mass is 443 g/mol. The number of anilines is 2. The van der Waals surface area contributed by atoms with E-state index >= 15 is 0 Å². The summed E-state index contributed by atoms with van der Waals surface area (Å²) >= 11 is 0. The van der Waals surface area contributed by atoms with Crippen LogP contribution >= 0.6 is 0 Å². The molecular formula is C22H27F2N7O. The Kier molecular flexibility index (Phi) is 5.88. The van der Waals surface area contributed by atoms with Gasteiger partial charge in [0.25, 0.3) is 6.43 Å². The fourth-order valence-corrected chi connectivity index (χ4v) is 4.42. The molecule has 0 unspecified atom stereocenters. The van der Waals surface area contributed by atoms with Gasteiger partial charge >= 0.3 is 0 Å². The van der Waals surface area contributed by atoms with Gasteiger partial charge in [-0.25, -0.2) is 13.8 Å². The van der Waals surface area contributed by atoms with Crippen molar-refractivity contribution in [3.05, 3.63) is 36.2 Å². The summed E-state index contributed by atoms with van der Waals surface area (Å²) in [6, 6.07) is 9.32. The number of nitrogens with two attached hydrogens (primary N) is 1. The maximum atomic E-state index is 13.9. The quantitative estimate of drug-likeness (QED) is 0.625. The highest BCUT2D eigenvalue weighted by atomic mass is 19.3. The van der Waals surface area contributed by atoms with Crippen LogP contribution in [-0.4, -0.2) is 57.9 Å². The molecule has 5 rings (SSSR count). The highest BCUT2D eigenvalue weighted by molar-refractivity contribution is 5.78. The van der Waals surface area contributed by atoms with Crippen LogP contribution in [0.5, 0.6) is 0 Å². The van der Waals surface area contributed by atoms with Crippen molar-refractivity contribution >= 4 is 22.8 Å². The second kappa shape index (κ2) is 8.95. The zero-order chi connectivity index (χ0) is 22.1. The van der Waals surface area contributed by atoms with Crippen molar-refractivity contribution in [2.45, 2.75) is 44.2 Å². The van der Waals surface area contributed by atoms with E-state index in [1.807, 2.05) is 11.0 Å². The Labute approximate surface area is 184 Å². The molecule has 170 valence electrons. The average molecular weight is 444 g/mol. The highest BCUT2D eigenvalue weighted by Gasteiger charge is 2.24. The number of imidazole rings is 1. The molecule has 3 aromatic rings. The van der Waals surface area contributed by atoms with Crippen LogP contribution in [0.3, 0.4) is 0 Å². The van der Waals surface area contributed by atoms with Gasteiger partial charge in [-0.1, -0.05) is 12.1 Å². The number of nitrogens with one attached hydrogen (secondary N) is 1. The molecule has 1 aliphatic carbocycles. The lowest BCUT2D eigenvalue weighted by Crippen LogP contribution is -2.38. The second-order valence-corrected chi connectivity index (χ2v) is 8.36. The first-order valence-electron chi connectivity index (χ1n) is 11.1. The van der Waals surface area contributed by atoms with Crippen molar-refractivity contribution in [2.24, 2.45) is 5.73 Å². The molecule has 1 saturated carbocycles. The number of para-hydroxylation sites is 2. The van der Waals surface area contributed by atoms with Crippen LogP contribution in [0.2, 0.25) is 0 Å². The van der Waals surface area contributed by atoms with Crippen molar-refractivity contribution in [1.82, 2.24) is 19.5 Å². The molecule has 32 heavy (non-hydrogen) atoms. The van der Waals surface area contributed by atoms with Gasteiger partial charge in [0.15, 0.2) is 5.82 Å². The van der Waals surface area contributed by atoms with E-state index in [4.69, 9.17) is 15.5 Å². The van der Waals surface area contributed by atoms with Gasteiger partial charge in [0.1, 0.15) is 11.6 Å². The molecule has 3 N–H and O–H groups in total. The maximum absolute atomic E-state index is 13.9. The van der Waals surface area contributed by atoms with E-state index in [-0.39, 0.29) is 17.9 Å². The lowest BCUT2D eigenvalue weighted by Gasteiger charge is -2.29. The maximum Gasteiger partial charge on any atom is 0.296 e. The number of hydrogen-bond donors (Lipinski definition) is 2. The first-order valence-corrected chi connectivity index (χ1v) is 11.1. The van der Waals surface area contributed by atoms with Gasteiger partial charge in [0, 0.05) is 31.2 Å². The fraction of sp³-hybridized carbons (Fsp3) is 0.500. The van der Waals surface area contributed by atoms with E-state index in [0.717, 1.165) is 25.7 Å². The van der Waals surface area contributed by atoms with Crippen molar-refractivity contribution < 1.29 is 13.5 Å². The van der Waals surface area contributed by atoms with E-state index in [9.17, 15) is 8.78 Å². The average Bonchev–Trinajstić information content (AvgIpc) is 3.21. The molecule has 2 aliphatic rings. The third-order valence-corrected chi connectivity index (χ3v) is 6.13. The molecule has 0 amide bonds. The molecular weight excluding hydrogens is 416 g/mol. The third kappa shape index (κ3) is 4.24. The predicted octanol–water partition coefficient (Wildman–Crippen LogP) is 3.27. The van der Waals surface area contributed by atoms with E-state index in [2.05, 4.69) is 15.3 Å². The number of ether oxygens (including phenoxy) is 1. The Bertz CT molecular complexity index is 1080. The van der Waals surface area contributed by atoms with Gasteiger partial charge in [-0.15, -0.1) is 0 Å². The van der Waals surface area contributed by atoms with E-state index < -0.39 is 6.43 Å². The summed E-state index contributed by atoms with van der Waals surface area (Å²) in [6.07, 6.45) is 1.06. The number of nitrogens with zero attached hydrogens (tertiary/aromatic N) is 5. The van der Waals surface area contributed by atoms with Gasteiger partial charge in [-0.3, -0.25) is 4.57 Å². The minimum Gasteiger partial charge on any atom is -0.378 e. The predicted molar refractivity (Wildman–Crippen MR) is 119 cm³/mol. The number of alkyl halides is 2. The molecule has 0 atom stereocenters. The third-order valence-electron chi connectivity index (χ3n) is 6.13. The molecule has 3 heterocycles. The number of fused-ring (bicyclic) bond motifs is 1. The van der Waals surface area contributed by atoms with Crippen LogP contribution in [0.1, 0.15) is 37.9 Å². The Morgan fingerprint density at radius 1 is 1.03 bits per heavy atom. The van der Waals surface area contributed by atoms with Crippen molar-refractivity contribution in [1.29, 1.82) is 0 Å². The molecule has 2 fully saturated rings. The van der Waals surface area contributed by atoms with Crippen LogP contribution < -0.4 is 16.0 Å². The summed E-state index contributed by atoms with van der Waals surface area (Å²) in [7, 11) is 0. The van der Waals surface area contributed by atoms with E-state index in [0.29, 0.717) is 54.9 Å². The van der Waals surface area contributed by atoms with Gasteiger partial charge < -0.3 is 20.7 Å². The zero-order valence-corrected chi connectivity index (χ0v) is 17.8. The summed E-state index contributed by atoms with van der Waals surface area (Å²) in [5.41, 5.74) is 7.14. The van der Waals surface area contributed by atoms with Gasteiger partial charge in [-0.2, -0.15) is 9.97 Å². The lowest BCUT2D eigenvalue weighted by molar-refractivity contribution is 0.122. The SMILES string of the molecule is N[C@H]1CC[C@H](Nc2cc(-n3c(C(F)F)nc4ccccc43)nc(N3CCOCC3)n2)CC1. The van der Waals surface area contributed by atoms with Crippen LogP contribution in [0.4, 0.5) is 20.5 Å². The Morgan fingerprint density at radius 3 is 2.53 bits per heavy atom. The van der Waals surface area contributed by atoms with Gasteiger partial charge in [-0.05, 0) is 37.8 Å². The Morgan fingerprint density at radius 2 is 1.78 bits per heavy atom. The number of morpholine rings is 1. The molecule has 8 nitrogen and oxygen atoms in total. The first kappa shape index (κ1) is 21.0. The smallest absolute Gasteiger partial charge is 0.296 e. The summed E-state index contributed by atoms with van der Waals surface area (Å²) in [5, 5.41) is 3.49. The van der Waals surface area contributed by atoms with E-state index in [1.54, 1.807) is 24.3 Å². The fourth-order valence-electron chi connectivity index (χ4n) is 4.42. The van der Waals surface area contributed by atoms with Crippen LogP contribution in [-0.2, 0) is 4.74 Å². The summed E-state index contributed by atoms with van der Waals surface area (Å²) in [6.45, 7) is 2.45. The van der Waals surface area contributed by atoms with Crippen LogP contribution in [0.25, 0.3) is 16.9 Å². The molecule has 10 heteroatoms. The molecule has 1 aliphatic heterocycles. The topological polar surface area (TPSA) is 94.1 Å². The standard InChI is InChI=1S/C22H27F2N7O/c23-20(24)21-27-16-3-1-2-4-17(16)31(21)19-13-18(26-15-7-5-14(25)6-8-15)28-22(29-19)30-9-11-32-12-10-30/h1-4,13-15,20H,5-12,25H2,(H,26,28,29)/t14-,15-. The van der Waals surface area contributed by atoms with Crippen molar-refractivity contribution in [3.63, 3.8) is 0 Å². The summed E-state index contributed by atoms with van der Waals surface area (Å²) in [5.74, 6) is 1.17. The lowest BCUT2D eigenvalue weighted by atomic mass is 9.92. The largest absolute Gasteiger partial charge is 0.378 e. The molecule has 0 bridgehead atoms.